The number of aromatic nitrogens is 4. The second-order valence-electron chi connectivity index (χ2n) is 8.09. The van der Waals surface area contributed by atoms with Crippen molar-refractivity contribution in [2.75, 3.05) is 10.2 Å². The van der Waals surface area contributed by atoms with Crippen LogP contribution in [-0.4, -0.2) is 25.7 Å². The molecule has 2 aromatic carbocycles. The molecule has 7 nitrogen and oxygen atoms in total. The molecular weight excluding hydrogens is 504 g/mol. The van der Waals surface area contributed by atoms with Crippen molar-refractivity contribution in [3.8, 4) is 16.9 Å². The van der Waals surface area contributed by atoms with Gasteiger partial charge in [-0.05, 0) is 70.5 Å². The highest BCUT2D eigenvalue weighted by Gasteiger charge is 2.26. The quantitative estimate of drug-likeness (QED) is 0.314. The smallest absolute Gasteiger partial charge is 0.259 e. The molecule has 0 saturated heterocycles. The highest BCUT2D eigenvalue weighted by atomic mass is 79.9. The SMILES string of the molecule is O=C(c1ccc(-n2ccc(-c3ccncc3)n2)cc1Br)N1Cc2cccnc2Nc2ccccc21. The van der Waals surface area contributed by atoms with Crippen molar-refractivity contribution in [2.45, 2.75) is 6.54 Å². The van der Waals surface area contributed by atoms with Gasteiger partial charge in [0.25, 0.3) is 5.91 Å². The third-order valence-electron chi connectivity index (χ3n) is 5.93. The minimum atomic E-state index is -0.104. The molecule has 170 valence electrons. The lowest BCUT2D eigenvalue weighted by molar-refractivity contribution is 0.0984. The van der Waals surface area contributed by atoms with Crippen LogP contribution in [0.4, 0.5) is 17.2 Å². The van der Waals surface area contributed by atoms with Crippen molar-refractivity contribution in [3.05, 3.63) is 113 Å². The number of carbonyl (C=O) groups excluding carboxylic acids is 1. The first kappa shape index (κ1) is 21.2. The summed E-state index contributed by atoms with van der Waals surface area (Å²) in [6.45, 7) is 0.411. The summed E-state index contributed by atoms with van der Waals surface area (Å²) < 4.78 is 2.49. The van der Waals surface area contributed by atoms with E-state index in [1.165, 1.54) is 0 Å². The molecule has 0 unspecified atom stereocenters. The number of halogens is 1. The van der Waals surface area contributed by atoms with Gasteiger partial charge in [-0.25, -0.2) is 9.67 Å². The second kappa shape index (κ2) is 8.81. The first-order valence-corrected chi connectivity index (χ1v) is 11.8. The maximum atomic E-state index is 13.8. The first-order valence-electron chi connectivity index (χ1n) is 11.1. The van der Waals surface area contributed by atoms with Gasteiger partial charge in [0, 0.05) is 40.4 Å². The van der Waals surface area contributed by atoms with E-state index in [1.54, 1.807) is 28.2 Å². The third kappa shape index (κ3) is 3.98. The van der Waals surface area contributed by atoms with E-state index in [2.05, 4.69) is 36.3 Å². The van der Waals surface area contributed by atoms with Gasteiger partial charge in [-0.15, -0.1) is 0 Å². The highest BCUT2D eigenvalue weighted by molar-refractivity contribution is 9.10. The van der Waals surface area contributed by atoms with E-state index in [0.29, 0.717) is 16.6 Å². The average Bonchev–Trinajstić information content (AvgIpc) is 3.33. The number of carbonyl (C=O) groups is 1. The molecule has 6 rings (SSSR count). The van der Waals surface area contributed by atoms with Gasteiger partial charge in [0.1, 0.15) is 5.82 Å². The Kier molecular flexibility index (Phi) is 5.35. The van der Waals surface area contributed by atoms with Crippen molar-refractivity contribution in [1.82, 2.24) is 19.7 Å². The van der Waals surface area contributed by atoms with Gasteiger partial charge in [-0.1, -0.05) is 18.2 Å². The number of hydrogen-bond donors (Lipinski definition) is 1. The molecule has 0 spiro atoms. The summed E-state index contributed by atoms with van der Waals surface area (Å²) in [5.74, 6) is 0.653. The molecule has 1 aliphatic heterocycles. The lowest BCUT2D eigenvalue weighted by Crippen LogP contribution is -2.30. The molecule has 35 heavy (non-hydrogen) atoms. The van der Waals surface area contributed by atoms with Gasteiger partial charge in [0.2, 0.25) is 0 Å². The fourth-order valence-electron chi connectivity index (χ4n) is 4.17. The predicted octanol–water partition coefficient (Wildman–Crippen LogP) is 6.00. The Balaban J connectivity index is 1.34. The van der Waals surface area contributed by atoms with Crippen LogP contribution >= 0.6 is 15.9 Å². The minimum Gasteiger partial charge on any atom is -0.338 e. The van der Waals surface area contributed by atoms with Crippen LogP contribution in [0.25, 0.3) is 16.9 Å². The average molecular weight is 523 g/mol. The summed E-state index contributed by atoms with van der Waals surface area (Å²) in [5.41, 5.74) is 5.85. The largest absolute Gasteiger partial charge is 0.338 e. The summed E-state index contributed by atoms with van der Waals surface area (Å²) in [5, 5.41) is 8.05. The molecule has 0 saturated carbocycles. The van der Waals surface area contributed by atoms with Crippen molar-refractivity contribution in [1.29, 1.82) is 0 Å². The fraction of sp³-hybridized carbons (Fsp3) is 0.0370. The molecule has 1 N–H and O–H groups in total. The topological polar surface area (TPSA) is 75.9 Å². The maximum absolute atomic E-state index is 13.8. The second-order valence-corrected chi connectivity index (χ2v) is 8.94. The Morgan fingerprint density at radius 2 is 1.80 bits per heavy atom. The molecule has 8 heteroatoms. The number of nitrogens with zero attached hydrogens (tertiary/aromatic N) is 5. The van der Waals surface area contributed by atoms with Crippen LogP contribution in [0.2, 0.25) is 0 Å². The first-order chi connectivity index (χ1) is 17.2. The standard InChI is InChI=1S/C27H19BrN6O/c28-22-16-20(34-15-11-23(32-34)18-9-13-29-14-10-18)7-8-21(22)27(35)33-17-19-4-3-12-30-26(19)31-24-5-1-2-6-25(24)33/h1-16H,17H2,(H,30,31). The fourth-order valence-corrected chi connectivity index (χ4v) is 4.70. The number of fused-ring (bicyclic) bond motifs is 2. The summed E-state index contributed by atoms with van der Waals surface area (Å²) >= 11 is 3.63. The number of nitrogens with one attached hydrogen (secondary N) is 1. The third-order valence-corrected chi connectivity index (χ3v) is 6.58. The van der Waals surface area contributed by atoms with E-state index in [9.17, 15) is 4.79 Å². The van der Waals surface area contributed by atoms with E-state index in [0.717, 1.165) is 39.7 Å². The Bertz CT molecular complexity index is 1550. The number of benzene rings is 2. The Morgan fingerprint density at radius 3 is 2.66 bits per heavy atom. The molecule has 0 aliphatic carbocycles. The summed E-state index contributed by atoms with van der Waals surface area (Å²) in [7, 11) is 0. The molecule has 0 bridgehead atoms. The van der Waals surface area contributed by atoms with E-state index < -0.39 is 0 Å². The number of amides is 1. The van der Waals surface area contributed by atoms with Crippen LogP contribution in [0.15, 0.2) is 102 Å². The number of para-hydroxylation sites is 2. The van der Waals surface area contributed by atoms with Crippen molar-refractivity contribution >= 4 is 39.0 Å². The Labute approximate surface area is 210 Å². The summed E-state index contributed by atoms with van der Waals surface area (Å²) in [6.07, 6.45) is 7.14. The molecule has 5 aromatic rings. The van der Waals surface area contributed by atoms with E-state index >= 15 is 0 Å². The Hall–Kier alpha value is -4.30. The van der Waals surface area contributed by atoms with Crippen molar-refractivity contribution in [2.24, 2.45) is 0 Å². The number of pyridine rings is 2. The Morgan fingerprint density at radius 1 is 0.943 bits per heavy atom. The van der Waals surface area contributed by atoms with E-state index in [4.69, 9.17) is 0 Å². The van der Waals surface area contributed by atoms with E-state index in [1.807, 2.05) is 79.0 Å². The molecule has 4 heterocycles. The lowest BCUT2D eigenvalue weighted by Gasteiger charge is -2.23. The number of anilines is 3. The molecular formula is C27H19BrN6O. The van der Waals surface area contributed by atoms with Gasteiger partial charge >= 0.3 is 0 Å². The lowest BCUT2D eigenvalue weighted by atomic mass is 10.1. The van der Waals surface area contributed by atoms with Crippen LogP contribution in [0.5, 0.6) is 0 Å². The van der Waals surface area contributed by atoms with Crippen LogP contribution < -0.4 is 10.2 Å². The maximum Gasteiger partial charge on any atom is 0.259 e. The van der Waals surface area contributed by atoms with Crippen LogP contribution in [-0.2, 0) is 6.54 Å². The number of hydrogen-bond acceptors (Lipinski definition) is 5. The van der Waals surface area contributed by atoms with Gasteiger partial charge < -0.3 is 10.2 Å². The van der Waals surface area contributed by atoms with Gasteiger partial charge in [-0.3, -0.25) is 9.78 Å². The summed E-state index contributed by atoms with van der Waals surface area (Å²) in [6, 6.07) is 23.1. The van der Waals surface area contributed by atoms with Gasteiger partial charge in [0.15, 0.2) is 0 Å². The molecule has 0 fully saturated rings. The molecule has 1 amide bonds. The van der Waals surface area contributed by atoms with Crippen LogP contribution in [0.1, 0.15) is 15.9 Å². The zero-order valence-electron chi connectivity index (χ0n) is 18.5. The zero-order valence-corrected chi connectivity index (χ0v) is 20.1. The monoisotopic (exact) mass is 522 g/mol. The van der Waals surface area contributed by atoms with Crippen molar-refractivity contribution < 1.29 is 4.79 Å². The van der Waals surface area contributed by atoms with Gasteiger partial charge in [-0.2, -0.15) is 5.10 Å². The number of rotatable bonds is 3. The van der Waals surface area contributed by atoms with Crippen LogP contribution in [0, 0.1) is 0 Å². The van der Waals surface area contributed by atoms with Crippen molar-refractivity contribution in [3.63, 3.8) is 0 Å². The predicted molar refractivity (Wildman–Crippen MR) is 139 cm³/mol. The minimum absolute atomic E-state index is 0.104. The van der Waals surface area contributed by atoms with Gasteiger partial charge in [0.05, 0.1) is 34.9 Å². The van der Waals surface area contributed by atoms with E-state index in [-0.39, 0.29) is 5.91 Å². The normalized spacial score (nSPS) is 12.3. The molecule has 0 radical (unpaired) electrons. The highest BCUT2D eigenvalue weighted by Crippen LogP contribution is 2.36. The summed E-state index contributed by atoms with van der Waals surface area (Å²) in [4.78, 5) is 24.1. The molecule has 3 aromatic heterocycles. The molecule has 0 atom stereocenters. The molecule has 1 aliphatic rings. The zero-order chi connectivity index (χ0) is 23.8. The van der Waals surface area contributed by atoms with Crippen LogP contribution in [0.3, 0.4) is 0 Å².